The fourth-order valence-corrected chi connectivity index (χ4v) is 2.68. The number of nitrogens with zero attached hydrogens (tertiary/aromatic N) is 4. The molecule has 8 nitrogen and oxygen atoms in total. The van der Waals surface area contributed by atoms with Crippen LogP contribution < -0.4 is 4.72 Å². The van der Waals surface area contributed by atoms with E-state index in [0.29, 0.717) is 11.4 Å². The monoisotopic (exact) mass is 345 g/mol. The van der Waals surface area contributed by atoms with Gasteiger partial charge in [0.25, 0.3) is 0 Å². The van der Waals surface area contributed by atoms with Gasteiger partial charge in [-0.3, -0.25) is 4.68 Å². The molecule has 0 aliphatic rings. The van der Waals surface area contributed by atoms with E-state index in [-0.39, 0.29) is 12.4 Å². The fraction of sp³-hybridized carbons (Fsp3) is 0.133. The van der Waals surface area contributed by atoms with Crippen molar-refractivity contribution in [3.05, 3.63) is 59.6 Å². The van der Waals surface area contributed by atoms with E-state index in [0.717, 1.165) is 11.0 Å². The molecular weight excluding hydrogens is 330 g/mol. The summed E-state index contributed by atoms with van der Waals surface area (Å²) in [6.45, 7) is -0.0886. The smallest absolute Gasteiger partial charge is 0.242 e. The van der Waals surface area contributed by atoms with Crippen LogP contribution in [0.5, 0.6) is 0 Å². The standard InChI is InChI=1S/C15H15N5O3S/c1-20-11-13(9-16-20)15-18-14(23-19-15)10-17-24(21,22)8-7-12-5-3-2-4-6-12/h2-9,11,17H,10H2,1H3/b8-7+. The molecule has 1 N–H and O–H groups in total. The van der Waals surface area contributed by atoms with Crippen LogP contribution in [0.25, 0.3) is 17.5 Å². The molecule has 0 aliphatic carbocycles. The number of rotatable bonds is 6. The third-order valence-corrected chi connectivity index (χ3v) is 4.14. The Kier molecular flexibility index (Phi) is 4.54. The van der Waals surface area contributed by atoms with Crippen molar-refractivity contribution >= 4 is 16.1 Å². The minimum absolute atomic E-state index is 0.0886. The van der Waals surface area contributed by atoms with Crippen LogP contribution in [0.15, 0.2) is 52.7 Å². The lowest BCUT2D eigenvalue weighted by atomic mass is 10.2. The normalized spacial score (nSPS) is 12.0. The van der Waals surface area contributed by atoms with E-state index in [1.165, 1.54) is 6.08 Å². The minimum atomic E-state index is -3.60. The van der Waals surface area contributed by atoms with Crippen LogP contribution in [0.1, 0.15) is 11.5 Å². The van der Waals surface area contributed by atoms with Crippen LogP contribution in [0, 0.1) is 0 Å². The predicted molar refractivity (Wildman–Crippen MR) is 87.7 cm³/mol. The number of sulfonamides is 1. The second kappa shape index (κ2) is 6.77. The van der Waals surface area contributed by atoms with Crippen molar-refractivity contribution < 1.29 is 12.9 Å². The molecule has 124 valence electrons. The highest BCUT2D eigenvalue weighted by Crippen LogP contribution is 2.14. The van der Waals surface area contributed by atoms with E-state index in [2.05, 4.69) is 20.0 Å². The zero-order valence-corrected chi connectivity index (χ0v) is 13.6. The summed E-state index contributed by atoms with van der Waals surface area (Å²) in [6.07, 6.45) is 4.85. The summed E-state index contributed by atoms with van der Waals surface area (Å²) < 4.78 is 32.9. The molecule has 0 saturated carbocycles. The van der Waals surface area contributed by atoms with Crippen molar-refractivity contribution in [3.8, 4) is 11.4 Å². The minimum Gasteiger partial charge on any atom is -0.338 e. The van der Waals surface area contributed by atoms with Crippen molar-refractivity contribution in [3.63, 3.8) is 0 Å². The molecule has 3 rings (SSSR count). The zero-order valence-electron chi connectivity index (χ0n) is 12.8. The molecule has 0 saturated heterocycles. The molecule has 0 amide bonds. The lowest BCUT2D eigenvalue weighted by Crippen LogP contribution is -2.20. The Morgan fingerprint density at radius 2 is 2.08 bits per heavy atom. The molecule has 0 aliphatic heterocycles. The van der Waals surface area contributed by atoms with Crippen LogP contribution >= 0.6 is 0 Å². The van der Waals surface area contributed by atoms with Gasteiger partial charge in [-0.15, -0.1) is 0 Å². The van der Waals surface area contributed by atoms with Crippen LogP contribution in [0.3, 0.4) is 0 Å². The summed E-state index contributed by atoms with van der Waals surface area (Å²) in [7, 11) is -1.83. The molecular formula is C15H15N5O3S. The van der Waals surface area contributed by atoms with E-state index >= 15 is 0 Å². The first-order chi connectivity index (χ1) is 11.5. The van der Waals surface area contributed by atoms with Crippen molar-refractivity contribution in [1.29, 1.82) is 0 Å². The first kappa shape index (κ1) is 16.1. The lowest BCUT2D eigenvalue weighted by molar-refractivity contribution is 0.376. The van der Waals surface area contributed by atoms with Crippen LogP contribution in [0.2, 0.25) is 0 Å². The summed E-state index contributed by atoms with van der Waals surface area (Å²) in [6, 6.07) is 9.14. The maximum Gasteiger partial charge on any atom is 0.242 e. The molecule has 3 aromatic rings. The summed E-state index contributed by atoms with van der Waals surface area (Å²) >= 11 is 0. The Labute approximate surface area is 138 Å². The number of nitrogens with one attached hydrogen (secondary N) is 1. The molecule has 0 radical (unpaired) electrons. The predicted octanol–water partition coefficient (Wildman–Crippen LogP) is 1.56. The van der Waals surface area contributed by atoms with Gasteiger partial charge in [-0.1, -0.05) is 35.5 Å². The Morgan fingerprint density at radius 1 is 1.29 bits per heavy atom. The zero-order chi connectivity index (χ0) is 17.0. The molecule has 2 heterocycles. The number of aryl methyl sites for hydroxylation is 1. The number of hydrogen-bond donors (Lipinski definition) is 1. The summed E-state index contributed by atoms with van der Waals surface area (Å²) in [4.78, 5) is 4.13. The molecule has 0 atom stereocenters. The molecule has 9 heteroatoms. The highest BCUT2D eigenvalue weighted by Gasteiger charge is 2.12. The molecule has 0 unspecified atom stereocenters. The van der Waals surface area contributed by atoms with Crippen molar-refractivity contribution in [1.82, 2.24) is 24.6 Å². The summed E-state index contributed by atoms with van der Waals surface area (Å²) in [5.74, 6) is 0.530. The molecule has 2 aromatic heterocycles. The van der Waals surface area contributed by atoms with E-state index in [1.54, 1.807) is 24.1 Å². The quantitative estimate of drug-likeness (QED) is 0.727. The van der Waals surface area contributed by atoms with E-state index in [4.69, 9.17) is 4.52 Å². The van der Waals surface area contributed by atoms with Crippen molar-refractivity contribution in [2.45, 2.75) is 6.54 Å². The van der Waals surface area contributed by atoms with E-state index in [1.807, 2.05) is 30.3 Å². The van der Waals surface area contributed by atoms with Gasteiger partial charge in [0.15, 0.2) is 0 Å². The molecule has 24 heavy (non-hydrogen) atoms. The van der Waals surface area contributed by atoms with Gasteiger partial charge in [0.2, 0.25) is 21.7 Å². The average Bonchev–Trinajstić information content (AvgIpc) is 3.21. The molecule has 0 spiro atoms. The van der Waals surface area contributed by atoms with Gasteiger partial charge in [0, 0.05) is 18.7 Å². The maximum atomic E-state index is 12.0. The fourth-order valence-electron chi connectivity index (χ4n) is 1.92. The third kappa shape index (κ3) is 4.15. The average molecular weight is 345 g/mol. The van der Waals surface area contributed by atoms with Gasteiger partial charge in [0.05, 0.1) is 18.3 Å². The first-order valence-corrected chi connectivity index (χ1v) is 8.61. The molecule has 0 bridgehead atoms. The summed E-state index contributed by atoms with van der Waals surface area (Å²) in [5.41, 5.74) is 1.49. The maximum absolute atomic E-state index is 12.0. The van der Waals surface area contributed by atoms with Crippen LogP contribution in [-0.2, 0) is 23.6 Å². The van der Waals surface area contributed by atoms with Gasteiger partial charge >= 0.3 is 0 Å². The number of benzene rings is 1. The van der Waals surface area contributed by atoms with Gasteiger partial charge in [-0.05, 0) is 11.6 Å². The first-order valence-electron chi connectivity index (χ1n) is 7.06. The van der Waals surface area contributed by atoms with Crippen LogP contribution in [-0.4, -0.2) is 28.3 Å². The Morgan fingerprint density at radius 3 is 2.79 bits per heavy atom. The Bertz CT molecular complexity index is 944. The van der Waals surface area contributed by atoms with Crippen molar-refractivity contribution in [2.24, 2.45) is 7.05 Å². The lowest BCUT2D eigenvalue weighted by Gasteiger charge is -1.98. The topological polar surface area (TPSA) is 103 Å². The second-order valence-electron chi connectivity index (χ2n) is 4.99. The van der Waals surface area contributed by atoms with Gasteiger partial charge in [-0.2, -0.15) is 10.1 Å². The Balaban J connectivity index is 1.63. The van der Waals surface area contributed by atoms with E-state index in [9.17, 15) is 8.42 Å². The van der Waals surface area contributed by atoms with Gasteiger partial charge < -0.3 is 4.52 Å². The van der Waals surface area contributed by atoms with Crippen LogP contribution in [0.4, 0.5) is 0 Å². The number of hydrogen-bond acceptors (Lipinski definition) is 6. The highest BCUT2D eigenvalue weighted by atomic mass is 32.2. The van der Waals surface area contributed by atoms with Gasteiger partial charge in [0.1, 0.15) is 0 Å². The van der Waals surface area contributed by atoms with Gasteiger partial charge in [-0.25, -0.2) is 13.1 Å². The second-order valence-corrected chi connectivity index (χ2v) is 6.64. The van der Waals surface area contributed by atoms with Crippen molar-refractivity contribution in [2.75, 3.05) is 0 Å². The SMILES string of the molecule is Cn1cc(-c2noc(CNS(=O)(=O)/C=C/c3ccccc3)n2)cn1. The molecule has 1 aromatic carbocycles. The number of aromatic nitrogens is 4. The summed E-state index contributed by atoms with van der Waals surface area (Å²) in [5, 5.41) is 8.91. The third-order valence-electron chi connectivity index (χ3n) is 3.09. The largest absolute Gasteiger partial charge is 0.338 e. The van der Waals surface area contributed by atoms with E-state index < -0.39 is 10.0 Å². The highest BCUT2D eigenvalue weighted by molar-refractivity contribution is 7.92. The Hall–Kier alpha value is -2.78. The molecule has 0 fully saturated rings.